The molecule has 5 nitrogen and oxygen atoms in total. The fraction of sp³-hybridized carbons (Fsp3) is 0.400. The van der Waals surface area contributed by atoms with Gasteiger partial charge >= 0.3 is 0 Å². The van der Waals surface area contributed by atoms with Crippen LogP contribution in [-0.4, -0.2) is 39.0 Å². The predicted molar refractivity (Wildman–Crippen MR) is 84.5 cm³/mol. The lowest BCUT2D eigenvalue weighted by atomic mass is 10.2. The maximum Gasteiger partial charge on any atom is 0.274 e. The van der Waals surface area contributed by atoms with E-state index in [-0.39, 0.29) is 11.5 Å². The Hall–Kier alpha value is -1.69. The van der Waals surface area contributed by atoms with Crippen LogP contribution in [0.1, 0.15) is 6.42 Å². The molecule has 2 aromatic rings. The summed E-state index contributed by atoms with van der Waals surface area (Å²) in [4.78, 5) is 26.0. The van der Waals surface area contributed by atoms with Crippen molar-refractivity contribution >= 4 is 32.6 Å². The lowest BCUT2D eigenvalue weighted by molar-refractivity contribution is -0.127. The second-order valence-electron chi connectivity index (χ2n) is 5.32. The summed E-state index contributed by atoms with van der Waals surface area (Å²) in [6.07, 6.45) is 2.29. The highest BCUT2D eigenvalue weighted by Gasteiger charge is 2.28. The molecule has 6 heteroatoms. The fourth-order valence-corrected chi connectivity index (χ4v) is 3.11. The van der Waals surface area contributed by atoms with Crippen LogP contribution in [-0.2, 0) is 11.3 Å². The standard InChI is InChI=1S/C15H16BrN3O2/c16-8-11-7-14(20)18(10-11)5-6-19-15(21)13-4-2-1-3-12(13)9-17-19/h1-4,9,11H,5-8,10H2. The van der Waals surface area contributed by atoms with E-state index in [1.807, 2.05) is 23.1 Å². The van der Waals surface area contributed by atoms with E-state index >= 15 is 0 Å². The number of benzene rings is 1. The molecule has 21 heavy (non-hydrogen) atoms. The number of fused-ring (bicyclic) bond motifs is 1. The molecule has 1 unspecified atom stereocenters. The molecule has 1 saturated heterocycles. The van der Waals surface area contributed by atoms with Gasteiger partial charge in [0.15, 0.2) is 0 Å². The van der Waals surface area contributed by atoms with Gasteiger partial charge in [0.05, 0.1) is 18.1 Å². The summed E-state index contributed by atoms with van der Waals surface area (Å²) in [6.45, 7) is 1.73. The first-order chi connectivity index (χ1) is 10.2. The van der Waals surface area contributed by atoms with Gasteiger partial charge in [-0.3, -0.25) is 9.59 Å². The molecule has 0 bridgehead atoms. The van der Waals surface area contributed by atoms with E-state index in [4.69, 9.17) is 0 Å². The third kappa shape index (κ3) is 2.85. The van der Waals surface area contributed by atoms with E-state index in [2.05, 4.69) is 21.0 Å². The molecule has 0 N–H and O–H groups in total. The number of aromatic nitrogens is 2. The zero-order chi connectivity index (χ0) is 14.8. The molecule has 0 aliphatic carbocycles. The van der Waals surface area contributed by atoms with Crippen LogP contribution in [0.4, 0.5) is 0 Å². The van der Waals surface area contributed by atoms with E-state index < -0.39 is 0 Å². The molecule has 2 heterocycles. The van der Waals surface area contributed by atoms with E-state index in [1.165, 1.54) is 4.68 Å². The van der Waals surface area contributed by atoms with E-state index in [1.54, 1.807) is 12.3 Å². The molecule has 3 rings (SSSR count). The molecule has 0 radical (unpaired) electrons. The van der Waals surface area contributed by atoms with Crippen LogP contribution in [0.3, 0.4) is 0 Å². The number of likely N-dealkylation sites (tertiary alicyclic amines) is 1. The lowest BCUT2D eigenvalue weighted by Gasteiger charge is -2.16. The highest BCUT2D eigenvalue weighted by molar-refractivity contribution is 9.09. The molecule has 1 aliphatic heterocycles. The molecule has 1 amide bonds. The Labute approximate surface area is 130 Å². The van der Waals surface area contributed by atoms with Crippen molar-refractivity contribution in [1.82, 2.24) is 14.7 Å². The maximum atomic E-state index is 12.3. The number of halogens is 1. The van der Waals surface area contributed by atoms with Gasteiger partial charge in [0, 0.05) is 30.2 Å². The van der Waals surface area contributed by atoms with Crippen LogP contribution in [0.5, 0.6) is 0 Å². The molecule has 1 aliphatic rings. The normalized spacial score (nSPS) is 18.6. The molecule has 1 fully saturated rings. The zero-order valence-corrected chi connectivity index (χ0v) is 13.1. The van der Waals surface area contributed by atoms with Crippen molar-refractivity contribution < 1.29 is 4.79 Å². The smallest absolute Gasteiger partial charge is 0.274 e. The minimum atomic E-state index is -0.100. The number of nitrogens with zero attached hydrogens (tertiary/aromatic N) is 3. The quantitative estimate of drug-likeness (QED) is 0.788. The van der Waals surface area contributed by atoms with Crippen molar-refractivity contribution in [1.29, 1.82) is 0 Å². The SMILES string of the molecule is O=C1CC(CBr)CN1CCn1ncc2ccccc2c1=O. The summed E-state index contributed by atoms with van der Waals surface area (Å²) < 4.78 is 1.44. The van der Waals surface area contributed by atoms with Crippen molar-refractivity contribution in [2.24, 2.45) is 5.92 Å². The highest BCUT2D eigenvalue weighted by Crippen LogP contribution is 2.19. The maximum absolute atomic E-state index is 12.3. The van der Waals surface area contributed by atoms with E-state index in [9.17, 15) is 9.59 Å². The summed E-state index contributed by atoms with van der Waals surface area (Å²) in [5.41, 5.74) is -0.100. The van der Waals surface area contributed by atoms with Crippen LogP contribution < -0.4 is 5.56 Å². The van der Waals surface area contributed by atoms with Crippen molar-refractivity contribution in [3.05, 3.63) is 40.8 Å². The van der Waals surface area contributed by atoms with Gasteiger partial charge in [0.25, 0.3) is 5.56 Å². The first kappa shape index (κ1) is 14.3. The number of hydrogen-bond acceptors (Lipinski definition) is 3. The number of carbonyl (C=O) groups is 1. The lowest BCUT2D eigenvalue weighted by Crippen LogP contribution is -2.33. The van der Waals surface area contributed by atoms with Gasteiger partial charge in [-0.2, -0.15) is 5.10 Å². The molecular weight excluding hydrogens is 334 g/mol. The monoisotopic (exact) mass is 349 g/mol. The average Bonchev–Trinajstić information content (AvgIpc) is 2.87. The molecule has 110 valence electrons. The topological polar surface area (TPSA) is 55.2 Å². The minimum Gasteiger partial charge on any atom is -0.341 e. The summed E-state index contributed by atoms with van der Waals surface area (Å²) in [5, 5.41) is 6.53. The molecule has 0 spiro atoms. The van der Waals surface area contributed by atoms with Gasteiger partial charge in [-0.15, -0.1) is 0 Å². The molecule has 1 aromatic carbocycles. The number of alkyl halides is 1. The Bertz CT molecular complexity index is 728. The first-order valence-electron chi connectivity index (χ1n) is 6.97. The van der Waals surface area contributed by atoms with Crippen LogP contribution in [0.2, 0.25) is 0 Å². The van der Waals surface area contributed by atoms with Crippen molar-refractivity contribution in [3.8, 4) is 0 Å². The fourth-order valence-electron chi connectivity index (χ4n) is 2.68. The van der Waals surface area contributed by atoms with Crippen molar-refractivity contribution in [2.45, 2.75) is 13.0 Å². The van der Waals surface area contributed by atoms with E-state index in [0.717, 1.165) is 17.3 Å². The average molecular weight is 350 g/mol. The van der Waals surface area contributed by atoms with Crippen molar-refractivity contribution in [2.75, 3.05) is 18.4 Å². The number of hydrogen-bond donors (Lipinski definition) is 0. The van der Waals surface area contributed by atoms with Gasteiger partial charge in [-0.25, -0.2) is 4.68 Å². The van der Waals surface area contributed by atoms with Gasteiger partial charge in [0.1, 0.15) is 0 Å². The second-order valence-corrected chi connectivity index (χ2v) is 5.97. The second kappa shape index (κ2) is 5.97. The van der Waals surface area contributed by atoms with Gasteiger partial charge in [-0.05, 0) is 12.0 Å². The molecule has 1 aromatic heterocycles. The highest BCUT2D eigenvalue weighted by atomic mass is 79.9. The molecular formula is C15H16BrN3O2. The number of rotatable bonds is 4. The van der Waals surface area contributed by atoms with Crippen molar-refractivity contribution in [3.63, 3.8) is 0 Å². The van der Waals surface area contributed by atoms with E-state index in [0.29, 0.717) is 30.8 Å². The Kier molecular flexibility index (Phi) is 4.05. The Morgan fingerprint density at radius 3 is 2.81 bits per heavy atom. The summed E-state index contributed by atoms with van der Waals surface area (Å²) in [6, 6.07) is 7.41. The molecule has 0 saturated carbocycles. The summed E-state index contributed by atoms with van der Waals surface area (Å²) in [5.74, 6) is 0.534. The molecule has 1 atom stereocenters. The number of carbonyl (C=O) groups excluding carboxylic acids is 1. The number of amides is 1. The van der Waals surface area contributed by atoms with Gasteiger partial charge < -0.3 is 4.90 Å². The minimum absolute atomic E-state index is 0.100. The third-order valence-corrected chi connectivity index (χ3v) is 4.77. The first-order valence-corrected chi connectivity index (χ1v) is 8.10. The van der Waals surface area contributed by atoms with Crippen LogP contribution >= 0.6 is 15.9 Å². The van der Waals surface area contributed by atoms with Crippen LogP contribution in [0, 0.1) is 5.92 Å². The van der Waals surface area contributed by atoms with Crippen LogP contribution in [0.25, 0.3) is 10.8 Å². The van der Waals surface area contributed by atoms with Gasteiger partial charge in [0.2, 0.25) is 5.91 Å². The Morgan fingerprint density at radius 2 is 2.05 bits per heavy atom. The Morgan fingerprint density at radius 1 is 1.24 bits per heavy atom. The predicted octanol–water partition coefficient (Wildman–Crippen LogP) is 1.64. The largest absolute Gasteiger partial charge is 0.341 e. The summed E-state index contributed by atoms with van der Waals surface area (Å²) >= 11 is 3.42. The zero-order valence-electron chi connectivity index (χ0n) is 11.5. The third-order valence-electron chi connectivity index (χ3n) is 3.86. The van der Waals surface area contributed by atoms with Crippen LogP contribution in [0.15, 0.2) is 35.3 Å². The Balaban J connectivity index is 1.76. The summed E-state index contributed by atoms with van der Waals surface area (Å²) in [7, 11) is 0. The van der Waals surface area contributed by atoms with Gasteiger partial charge in [-0.1, -0.05) is 34.1 Å².